The molecule has 1 aromatic rings. The zero-order chi connectivity index (χ0) is 40.1. The molecule has 0 heterocycles. The number of amides is 4. The average Bonchev–Trinajstić information content (AvgIpc) is 3.02. The van der Waals surface area contributed by atoms with E-state index in [1.807, 2.05) is 0 Å². The lowest BCUT2D eigenvalue weighted by atomic mass is 9.77. The van der Waals surface area contributed by atoms with Crippen LogP contribution in [-0.2, 0) is 44.8 Å². The molecule has 15 nitrogen and oxygen atoms in total. The van der Waals surface area contributed by atoms with Gasteiger partial charge in [0.1, 0.15) is 30.8 Å². The molecule has 1 aromatic carbocycles. The minimum Gasteiger partial charge on any atom is -0.481 e. The van der Waals surface area contributed by atoms with Crippen molar-refractivity contribution < 1.29 is 53.2 Å². The van der Waals surface area contributed by atoms with Gasteiger partial charge >= 0.3 is 24.0 Å². The van der Waals surface area contributed by atoms with Gasteiger partial charge in [-0.3, -0.25) is 24.0 Å². The van der Waals surface area contributed by atoms with Crippen molar-refractivity contribution in [1.29, 1.82) is 0 Å². The Morgan fingerprint density at radius 3 is 1.46 bits per heavy atom. The van der Waals surface area contributed by atoms with E-state index in [-0.39, 0.29) is 19.4 Å². The number of esters is 1. The molecule has 292 valence electrons. The van der Waals surface area contributed by atoms with Crippen molar-refractivity contribution in [3.63, 3.8) is 0 Å². The highest BCUT2D eigenvalue weighted by Gasteiger charge is 2.40. The lowest BCUT2D eigenvalue weighted by molar-refractivity contribution is -0.151. The van der Waals surface area contributed by atoms with Gasteiger partial charge in [0.2, 0.25) is 17.7 Å². The Kier molecular flexibility index (Phi) is 17.3. The van der Waals surface area contributed by atoms with Crippen molar-refractivity contribution in [3.05, 3.63) is 35.9 Å². The van der Waals surface area contributed by atoms with Gasteiger partial charge in [0.05, 0.1) is 18.9 Å². The van der Waals surface area contributed by atoms with Gasteiger partial charge in [-0.15, -0.1) is 0 Å². The number of alkyl carbamates (subject to hydrolysis) is 1. The molecule has 0 spiro atoms. The molecule has 52 heavy (non-hydrogen) atoms. The fourth-order valence-corrected chi connectivity index (χ4v) is 5.44. The molecule has 1 rings (SSSR count). The van der Waals surface area contributed by atoms with Crippen LogP contribution in [0.25, 0.3) is 0 Å². The summed E-state index contributed by atoms with van der Waals surface area (Å²) in [6.45, 7) is 16.6. The number of rotatable bonds is 18. The monoisotopic (exact) mass is 734 g/mol. The van der Waals surface area contributed by atoms with Gasteiger partial charge < -0.3 is 41.0 Å². The lowest BCUT2D eigenvalue weighted by Gasteiger charge is -2.32. The molecule has 6 atom stereocenters. The summed E-state index contributed by atoms with van der Waals surface area (Å²) in [6, 6.07) is 3.55. The van der Waals surface area contributed by atoms with E-state index in [1.165, 1.54) is 0 Å². The quantitative estimate of drug-likeness (QED) is 0.120. The van der Waals surface area contributed by atoms with Crippen LogP contribution < -0.4 is 21.3 Å². The molecular formula is C37H58N4O11. The number of hydrogen-bond acceptors (Lipinski definition) is 9. The Balaban J connectivity index is 3.30. The van der Waals surface area contributed by atoms with Gasteiger partial charge in [-0.05, 0) is 41.1 Å². The van der Waals surface area contributed by atoms with E-state index in [4.69, 9.17) is 9.47 Å². The zero-order valence-electron chi connectivity index (χ0n) is 32.2. The standard InChI is InChI=1S/C37H58N4O11/c1-20(2)27(30(43)38-26(34(49)51-11)18-24(33(47)48)37(8,9)10)41-31(44)28(21(3)4)40-29(42)25(17-23(32(45)46)36(5,6)7)39-35(50)52-19-22-15-13-12-14-16-22/h12-16,20-21,23-28H,17-19H2,1-11H3,(H,38,43)(H,39,50)(H,40,42)(H,41,44)(H,45,46)(H,47,48)/t23?,24?,25-,26-,27-,28-/m0/s1. The third kappa shape index (κ3) is 14.5. The van der Waals surface area contributed by atoms with Crippen molar-refractivity contribution >= 4 is 41.7 Å². The van der Waals surface area contributed by atoms with E-state index in [0.717, 1.165) is 7.11 Å². The normalized spacial score (nSPS) is 15.2. The van der Waals surface area contributed by atoms with E-state index in [0.29, 0.717) is 5.56 Å². The largest absolute Gasteiger partial charge is 0.481 e. The number of carbonyl (C=O) groups excluding carboxylic acids is 5. The Morgan fingerprint density at radius 2 is 1.06 bits per heavy atom. The van der Waals surface area contributed by atoms with Crippen LogP contribution in [0, 0.1) is 34.5 Å². The summed E-state index contributed by atoms with van der Waals surface area (Å²) in [7, 11) is 1.11. The maximum absolute atomic E-state index is 13.8. The second kappa shape index (κ2) is 19.8. The number of hydrogen-bond donors (Lipinski definition) is 6. The predicted molar refractivity (Wildman–Crippen MR) is 191 cm³/mol. The van der Waals surface area contributed by atoms with Crippen molar-refractivity contribution in [2.75, 3.05) is 7.11 Å². The maximum Gasteiger partial charge on any atom is 0.408 e. The van der Waals surface area contributed by atoms with Crippen LogP contribution in [0.2, 0.25) is 0 Å². The van der Waals surface area contributed by atoms with Gasteiger partial charge in [0.25, 0.3) is 0 Å². The number of carbonyl (C=O) groups is 7. The van der Waals surface area contributed by atoms with Crippen LogP contribution in [0.1, 0.15) is 87.6 Å². The molecule has 2 unspecified atom stereocenters. The Morgan fingerprint density at radius 1 is 0.635 bits per heavy atom. The van der Waals surface area contributed by atoms with Gasteiger partial charge in [-0.2, -0.15) is 0 Å². The number of carboxylic acid groups (broad SMARTS) is 2. The summed E-state index contributed by atoms with van der Waals surface area (Å²) in [6.07, 6.45) is -1.56. The minimum atomic E-state index is -1.42. The van der Waals surface area contributed by atoms with Crippen molar-refractivity contribution in [2.45, 2.75) is 113 Å². The number of ether oxygens (including phenoxy) is 2. The molecule has 0 saturated heterocycles. The van der Waals surface area contributed by atoms with Crippen molar-refractivity contribution in [3.8, 4) is 0 Å². The first-order valence-corrected chi connectivity index (χ1v) is 17.3. The van der Waals surface area contributed by atoms with Crippen LogP contribution in [0.3, 0.4) is 0 Å². The first kappa shape index (κ1) is 45.3. The second-order valence-electron chi connectivity index (χ2n) is 15.8. The Bertz CT molecular complexity index is 1400. The van der Waals surface area contributed by atoms with Gasteiger partial charge in [0, 0.05) is 0 Å². The van der Waals surface area contributed by atoms with Gasteiger partial charge in [-0.25, -0.2) is 9.59 Å². The molecule has 15 heteroatoms. The molecule has 0 fully saturated rings. The van der Waals surface area contributed by atoms with Gasteiger partial charge in [0.15, 0.2) is 0 Å². The lowest BCUT2D eigenvalue weighted by Crippen LogP contribution is -2.60. The molecule has 6 N–H and O–H groups in total. The fraction of sp³-hybridized carbons (Fsp3) is 0.649. The molecule has 0 aliphatic carbocycles. The minimum absolute atomic E-state index is 0.109. The Labute approximate surface area is 306 Å². The van der Waals surface area contributed by atoms with Crippen LogP contribution in [0.4, 0.5) is 4.79 Å². The second-order valence-corrected chi connectivity index (χ2v) is 15.8. The number of methoxy groups -OCH3 is 1. The molecule has 0 aliphatic heterocycles. The third-order valence-electron chi connectivity index (χ3n) is 8.75. The SMILES string of the molecule is COC(=O)[C@H](CC(C(=O)O)C(C)(C)C)NC(=O)[C@@H](NC(=O)[C@@H](NC(=O)[C@H](CC(C(=O)O)C(C)(C)C)NC(=O)OCc1ccccc1)C(C)C)C(C)C. The zero-order valence-corrected chi connectivity index (χ0v) is 32.2. The van der Waals surface area contributed by atoms with E-state index in [1.54, 1.807) is 99.6 Å². The summed E-state index contributed by atoms with van der Waals surface area (Å²) >= 11 is 0. The maximum atomic E-state index is 13.8. The average molecular weight is 735 g/mol. The summed E-state index contributed by atoms with van der Waals surface area (Å²) in [5.74, 6) is -8.78. The number of benzene rings is 1. The summed E-state index contributed by atoms with van der Waals surface area (Å²) in [5, 5.41) is 30.0. The van der Waals surface area contributed by atoms with E-state index in [2.05, 4.69) is 21.3 Å². The number of carboxylic acids is 2. The van der Waals surface area contributed by atoms with Crippen LogP contribution in [0.5, 0.6) is 0 Å². The highest BCUT2D eigenvalue weighted by molar-refractivity contribution is 5.95. The highest BCUT2D eigenvalue weighted by atomic mass is 16.5. The first-order valence-electron chi connectivity index (χ1n) is 17.3. The predicted octanol–water partition coefficient (Wildman–Crippen LogP) is 3.49. The van der Waals surface area contributed by atoms with Gasteiger partial charge in [-0.1, -0.05) is 99.6 Å². The van der Waals surface area contributed by atoms with E-state index in [9.17, 15) is 43.8 Å². The molecule has 0 aromatic heterocycles. The summed E-state index contributed by atoms with van der Waals surface area (Å²) < 4.78 is 10.1. The molecule has 0 radical (unpaired) electrons. The molecular weight excluding hydrogens is 676 g/mol. The Hall–Kier alpha value is -4.69. The first-order chi connectivity index (χ1) is 23.9. The highest BCUT2D eigenvalue weighted by Crippen LogP contribution is 2.31. The van der Waals surface area contributed by atoms with Crippen molar-refractivity contribution in [2.24, 2.45) is 34.5 Å². The molecule has 0 aliphatic rings. The topological polar surface area (TPSA) is 227 Å². The van der Waals surface area contributed by atoms with E-state index < -0.39 is 100 Å². The summed E-state index contributed by atoms with van der Waals surface area (Å²) in [5.41, 5.74) is -0.891. The summed E-state index contributed by atoms with van der Waals surface area (Å²) in [4.78, 5) is 90.8. The number of aliphatic carboxylic acids is 2. The third-order valence-corrected chi connectivity index (χ3v) is 8.75. The van der Waals surface area contributed by atoms with Crippen molar-refractivity contribution in [1.82, 2.24) is 21.3 Å². The molecule has 0 saturated carbocycles. The van der Waals surface area contributed by atoms with Crippen LogP contribution in [0.15, 0.2) is 30.3 Å². The fourth-order valence-electron chi connectivity index (χ4n) is 5.44. The number of nitrogens with one attached hydrogen (secondary N) is 4. The van der Waals surface area contributed by atoms with Crippen LogP contribution >= 0.6 is 0 Å². The smallest absolute Gasteiger partial charge is 0.408 e. The molecule has 0 bridgehead atoms. The van der Waals surface area contributed by atoms with Crippen LogP contribution in [-0.4, -0.2) is 83.2 Å². The molecule has 4 amide bonds. The van der Waals surface area contributed by atoms with E-state index >= 15 is 0 Å².